The molecule has 0 saturated heterocycles. The topological polar surface area (TPSA) is 0 Å². The van der Waals surface area contributed by atoms with E-state index in [0.29, 0.717) is 0 Å². The van der Waals surface area contributed by atoms with Crippen LogP contribution in [0.25, 0.3) is 5.57 Å². The molecule has 1 aliphatic rings. The van der Waals surface area contributed by atoms with Gasteiger partial charge in [-0.05, 0) is 0 Å². The van der Waals surface area contributed by atoms with Crippen LogP contribution in [0.15, 0.2) is 109 Å². The van der Waals surface area contributed by atoms with Crippen LogP contribution in [0.4, 0.5) is 0 Å². The molecule has 0 radical (unpaired) electrons. The Labute approximate surface area is 244 Å². The van der Waals surface area contributed by atoms with Gasteiger partial charge in [-0.2, -0.15) is 0 Å². The number of allylic oxidation sites excluding steroid dienone is 2. The van der Waals surface area contributed by atoms with Crippen LogP contribution in [0.1, 0.15) is 69.7 Å². The van der Waals surface area contributed by atoms with Gasteiger partial charge in [-0.25, -0.2) is 0 Å². The monoisotopic (exact) mass is 596 g/mol. The average molecular weight is 598 g/mol. The summed E-state index contributed by atoms with van der Waals surface area (Å²) in [6, 6.07) is 38.3. The van der Waals surface area contributed by atoms with E-state index in [4.69, 9.17) is 0 Å². The number of hydrogen-bond acceptors (Lipinski definition) is 0. The summed E-state index contributed by atoms with van der Waals surface area (Å²) in [5, 5.41) is 1.07. The molecule has 202 valence electrons. The van der Waals surface area contributed by atoms with E-state index in [1.807, 2.05) is 0 Å². The van der Waals surface area contributed by atoms with Crippen molar-refractivity contribution in [3.05, 3.63) is 131 Å². The molecule has 0 aliphatic heterocycles. The van der Waals surface area contributed by atoms with Gasteiger partial charge in [0.15, 0.2) is 0 Å². The molecule has 0 bridgehead atoms. The fourth-order valence-electron chi connectivity index (χ4n) is 6.55. The van der Waals surface area contributed by atoms with E-state index in [1.54, 1.807) is 0 Å². The van der Waals surface area contributed by atoms with Gasteiger partial charge in [0.2, 0.25) is 0 Å². The van der Waals surface area contributed by atoms with Crippen LogP contribution in [0.5, 0.6) is 0 Å². The molecule has 4 aromatic carbocycles. The van der Waals surface area contributed by atoms with E-state index in [-0.39, 0.29) is 10.8 Å². The van der Waals surface area contributed by atoms with Gasteiger partial charge in [0.05, 0.1) is 0 Å². The summed E-state index contributed by atoms with van der Waals surface area (Å²) in [4.78, 5) is 0. The fraction of sp³-hybridized carbons (Fsp3) is 0.297. The molecule has 5 rings (SSSR count). The standard InChI is InChI=1S/C37H42BrP/c1-28(33-27-35-34(26-29(33)2)36(3,4)23-24-37(35,5)6)22-25-39(38,30-16-10-7-11-17-30,31-18-12-8-13-19-31)32-20-14-9-15-21-32/h7-22,26-27H,23-25H2,1-6H3. The first-order valence-corrected chi connectivity index (χ1v) is 18.6. The SMILES string of the molecule is CC(=CCP(Br)(c1ccccc1)(c1ccccc1)c1ccccc1)c1cc2c(cc1C)C(C)(C)CCC2(C)C. The molecule has 0 fully saturated rings. The van der Waals surface area contributed by atoms with Crippen LogP contribution in [0, 0.1) is 6.92 Å². The van der Waals surface area contributed by atoms with Gasteiger partial charge in [-0.15, -0.1) is 0 Å². The van der Waals surface area contributed by atoms with Gasteiger partial charge >= 0.3 is 245 Å². The molecule has 4 aromatic rings. The number of benzene rings is 4. The summed E-state index contributed by atoms with van der Waals surface area (Å²) >= 11 is 4.62. The molecule has 0 atom stereocenters. The molecule has 39 heavy (non-hydrogen) atoms. The van der Waals surface area contributed by atoms with Gasteiger partial charge in [-0.1, -0.05) is 0 Å². The molecular formula is C37H42BrP. The number of halogens is 1. The zero-order valence-corrected chi connectivity index (χ0v) is 26.8. The Bertz CT molecular complexity index is 1400. The van der Waals surface area contributed by atoms with Gasteiger partial charge in [0.25, 0.3) is 0 Å². The maximum absolute atomic E-state index is 4.62. The van der Waals surface area contributed by atoms with Gasteiger partial charge in [0.1, 0.15) is 0 Å². The number of rotatable bonds is 6. The Kier molecular flexibility index (Phi) is 7.32. The van der Waals surface area contributed by atoms with E-state index in [1.165, 1.54) is 56.6 Å². The molecule has 0 spiro atoms. The summed E-state index contributed by atoms with van der Waals surface area (Å²) in [6.45, 7) is 14.3. The van der Waals surface area contributed by atoms with Crippen LogP contribution >= 0.6 is 20.8 Å². The van der Waals surface area contributed by atoms with Crippen molar-refractivity contribution in [3.8, 4) is 0 Å². The van der Waals surface area contributed by atoms with Crippen LogP contribution in [-0.2, 0) is 10.8 Å². The first kappa shape index (κ1) is 28.1. The molecule has 1 aliphatic carbocycles. The Morgan fingerprint density at radius 2 is 1.08 bits per heavy atom. The van der Waals surface area contributed by atoms with E-state index < -0.39 is 5.31 Å². The third-order valence-electron chi connectivity index (χ3n) is 9.25. The molecule has 0 unspecified atom stereocenters. The molecule has 0 amide bonds. The summed E-state index contributed by atoms with van der Waals surface area (Å²) in [5.74, 6) is 0. The molecule has 0 aromatic heterocycles. The van der Waals surface area contributed by atoms with E-state index >= 15 is 0 Å². The first-order valence-electron chi connectivity index (χ1n) is 14.2. The summed E-state index contributed by atoms with van der Waals surface area (Å²) in [6.07, 6.45) is 5.88. The van der Waals surface area contributed by atoms with Crippen molar-refractivity contribution in [1.29, 1.82) is 0 Å². The number of aryl methyl sites for hydroxylation is 1. The van der Waals surface area contributed by atoms with E-state index in [9.17, 15) is 0 Å². The predicted molar refractivity (Wildman–Crippen MR) is 179 cm³/mol. The minimum absolute atomic E-state index is 0.195. The molecular weight excluding hydrogens is 555 g/mol. The van der Waals surface area contributed by atoms with Crippen molar-refractivity contribution < 1.29 is 0 Å². The van der Waals surface area contributed by atoms with Crippen molar-refractivity contribution >= 4 is 42.3 Å². The van der Waals surface area contributed by atoms with Gasteiger partial charge in [-0.3, -0.25) is 0 Å². The molecule has 0 N–H and O–H groups in total. The third kappa shape index (κ3) is 4.77. The Morgan fingerprint density at radius 3 is 1.49 bits per heavy atom. The molecule has 0 nitrogen and oxygen atoms in total. The predicted octanol–water partition coefficient (Wildman–Crippen LogP) is 9.59. The van der Waals surface area contributed by atoms with Crippen LogP contribution < -0.4 is 15.9 Å². The Hall–Kier alpha value is -2.47. The Balaban J connectivity index is 1.71. The number of fused-ring (bicyclic) bond motifs is 1. The summed E-state index contributed by atoms with van der Waals surface area (Å²) in [5.41, 5.74) is 7.59. The Morgan fingerprint density at radius 1 is 0.692 bits per heavy atom. The summed E-state index contributed by atoms with van der Waals surface area (Å²) in [7, 11) is 0. The second-order valence-electron chi connectivity index (χ2n) is 12.7. The second-order valence-corrected chi connectivity index (χ2v) is 21.7. The summed E-state index contributed by atoms with van der Waals surface area (Å²) < 4.78 is 0. The van der Waals surface area contributed by atoms with Crippen molar-refractivity contribution in [3.63, 3.8) is 0 Å². The van der Waals surface area contributed by atoms with Gasteiger partial charge in [0, 0.05) is 0 Å². The zero-order chi connectivity index (χ0) is 27.9. The van der Waals surface area contributed by atoms with E-state index in [2.05, 4.69) is 166 Å². The molecule has 2 heteroatoms. The van der Waals surface area contributed by atoms with Crippen LogP contribution in [-0.4, -0.2) is 6.16 Å². The maximum atomic E-state index is 4.62. The average Bonchev–Trinajstić information content (AvgIpc) is 2.95. The first-order chi connectivity index (χ1) is 18.5. The van der Waals surface area contributed by atoms with Crippen LogP contribution in [0.3, 0.4) is 0 Å². The molecule has 0 heterocycles. The zero-order valence-electron chi connectivity index (χ0n) is 24.3. The quantitative estimate of drug-likeness (QED) is 0.194. The number of hydrogen-bond donors (Lipinski definition) is 0. The van der Waals surface area contributed by atoms with Gasteiger partial charge < -0.3 is 0 Å². The van der Waals surface area contributed by atoms with Crippen LogP contribution in [0.2, 0.25) is 0 Å². The third-order valence-corrected chi connectivity index (χ3v) is 18.8. The second kappa shape index (κ2) is 10.2. The van der Waals surface area contributed by atoms with Crippen molar-refractivity contribution in [2.75, 3.05) is 6.16 Å². The minimum atomic E-state index is -3.00. The van der Waals surface area contributed by atoms with Crippen molar-refractivity contribution in [2.24, 2.45) is 0 Å². The normalized spacial score (nSPS) is 17.6. The van der Waals surface area contributed by atoms with Crippen molar-refractivity contribution in [1.82, 2.24) is 0 Å². The fourth-order valence-corrected chi connectivity index (χ4v) is 13.6. The molecule has 0 saturated carbocycles. The van der Waals surface area contributed by atoms with E-state index in [0.717, 1.165) is 6.16 Å². The van der Waals surface area contributed by atoms with Crippen molar-refractivity contribution in [2.45, 2.75) is 65.2 Å².